The zero-order valence-corrected chi connectivity index (χ0v) is 4.90. The highest BCUT2D eigenvalue weighted by Gasteiger charge is 1.82. The fraction of sp³-hybridized carbons (Fsp3) is 0. The summed E-state index contributed by atoms with van der Waals surface area (Å²) in [6.07, 6.45) is 1.23. The topological polar surface area (TPSA) is 84.3 Å². The molecule has 0 rings (SSSR count). The molecule has 0 aromatic heterocycles. The van der Waals surface area contributed by atoms with Gasteiger partial charge < -0.3 is 11.5 Å². The van der Waals surface area contributed by atoms with Gasteiger partial charge in [-0.2, -0.15) is 0 Å². The van der Waals surface area contributed by atoms with E-state index in [1.165, 1.54) is 6.08 Å². The molecule has 4 nitrogen and oxygen atoms in total. The number of thiocarbonyl (C=S) groups is 1. The van der Waals surface area contributed by atoms with Gasteiger partial charge in [-0.1, -0.05) is 12.2 Å². The van der Waals surface area contributed by atoms with Crippen LogP contribution in [-0.4, -0.2) is 10.2 Å². The Morgan fingerprint density at radius 2 is 2.12 bits per heavy atom. The minimum atomic E-state index is 0.0394. The molecule has 8 heavy (non-hydrogen) atoms. The fourth-order valence-corrected chi connectivity index (χ4v) is 0.313. The van der Waals surface area contributed by atoms with Gasteiger partial charge in [0.2, 0.25) is 0 Å². The Hall–Kier alpha value is -0.810. The van der Waals surface area contributed by atoms with Crippen LogP contribution in [-0.2, 0) is 0 Å². The second-order valence-corrected chi connectivity index (χ2v) is 1.59. The van der Waals surface area contributed by atoms with Crippen LogP contribution in [0.2, 0.25) is 0 Å². The third kappa shape index (κ3) is 3.38. The first-order valence-corrected chi connectivity index (χ1v) is 2.24. The van der Waals surface area contributed by atoms with E-state index in [9.17, 15) is 0 Å². The van der Waals surface area contributed by atoms with Crippen molar-refractivity contribution in [2.45, 2.75) is 0 Å². The van der Waals surface area contributed by atoms with Crippen LogP contribution in [0.25, 0.3) is 0 Å². The molecule has 0 fully saturated rings. The van der Waals surface area contributed by atoms with E-state index in [4.69, 9.17) is 16.7 Å². The van der Waals surface area contributed by atoms with Crippen molar-refractivity contribution in [3.8, 4) is 0 Å². The normalized spacial score (nSPS) is 10.9. The van der Waals surface area contributed by atoms with Crippen molar-refractivity contribution in [3.05, 3.63) is 11.9 Å². The van der Waals surface area contributed by atoms with Crippen LogP contribution in [0.4, 0.5) is 0 Å². The molecule has 0 amide bonds. The first kappa shape index (κ1) is 7.19. The van der Waals surface area contributed by atoms with Crippen molar-refractivity contribution >= 4 is 17.2 Å². The Kier molecular flexibility index (Phi) is 2.90. The molecule has 0 aliphatic rings. The van der Waals surface area contributed by atoms with E-state index >= 15 is 0 Å². The predicted molar refractivity (Wildman–Crippen MR) is 34.0 cm³/mol. The van der Waals surface area contributed by atoms with Crippen molar-refractivity contribution in [3.63, 3.8) is 0 Å². The third-order valence-corrected chi connectivity index (χ3v) is 0.545. The van der Waals surface area contributed by atoms with Crippen LogP contribution in [0.1, 0.15) is 0 Å². The zero-order valence-electron chi connectivity index (χ0n) is 4.09. The molecule has 0 aromatic rings. The molecule has 0 heterocycles. The van der Waals surface area contributed by atoms with Gasteiger partial charge in [-0.15, -0.1) is 0 Å². The second-order valence-electron chi connectivity index (χ2n) is 1.11. The Balaban J connectivity index is 3.75. The van der Waals surface area contributed by atoms with E-state index in [-0.39, 0.29) is 10.8 Å². The molecule has 0 spiro atoms. The molecule has 46 valence electrons. The minimum absolute atomic E-state index is 0.0394. The van der Waals surface area contributed by atoms with Crippen molar-refractivity contribution < 1.29 is 5.21 Å². The van der Waals surface area contributed by atoms with Gasteiger partial charge >= 0.3 is 0 Å². The smallest absolute Gasteiger partial charge is 0.123 e. The molecule has 0 radical (unpaired) electrons. The van der Waals surface area contributed by atoms with Gasteiger partial charge in [0.25, 0.3) is 0 Å². The number of hydroxylamine groups is 1. The highest BCUT2D eigenvalue weighted by Crippen LogP contribution is 1.73. The lowest BCUT2D eigenvalue weighted by Gasteiger charge is -1.93. The predicted octanol–water partition coefficient (Wildman–Crippen LogP) is -0.949. The van der Waals surface area contributed by atoms with Gasteiger partial charge in [0.1, 0.15) is 5.82 Å². The minimum Gasteiger partial charge on any atom is -0.390 e. The average Bonchev–Trinajstić information content (AvgIpc) is 1.65. The first-order valence-electron chi connectivity index (χ1n) is 1.83. The molecule has 0 aromatic carbocycles. The van der Waals surface area contributed by atoms with Gasteiger partial charge in [0.15, 0.2) is 0 Å². The number of hydrogen-bond acceptors (Lipinski definition) is 4. The first-order chi connectivity index (χ1) is 3.66. The van der Waals surface area contributed by atoms with Crippen LogP contribution in [0, 0.1) is 0 Å². The SMILES string of the molecule is NC(=S)C=C(N)NO. The van der Waals surface area contributed by atoms with E-state index in [2.05, 4.69) is 12.2 Å². The van der Waals surface area contributed by atoms with Gasteiger partial charge in [-0.3, -0.25) is 10.7 Å². The highest BCUT2D eigenvalue weighted by molar-refractivity contribution is 7.80. The fourth-order valence-electron chi connectivity index (χ4n) is 0.186. The maximum absolute atomic E-state index is 8.03. The summed E-state index contributed by atoms with van der Waals surface area (Å²) in [5, 5.41) is 8.03. The molecule has 5 heteroatoms. The number of rotatable bonds is 2. The van der Waals surface area contributed by atoms with Crippen molar-refractivity contribution in [2.24, 2.45) is 11.5 Å². The lowest BCUT2D eigenvalue weighted by atomic mass is 10.6. The molecule has 0 aliphatic heterocycles. The Labute approximate surface area is 52.1 Å². The Bertz CT molecular complexity index is 122. The van der Waals surface area contributed by atoms with Crippen LogP contribution in [0.5, 0.6) is 0 Å². The molecular formula is C3H7N3OS. The van der Waals surface area contributed by atoms with E-state index in [1.54, 1.807) is 5.48 Å². The molecule has 0 aliphatic carbocycles. The standard InChI is InChI=1S/C3H7N3OS/c4-2(6-7)1-3(5)8/h1,6-7H,4H2,(H2,5,8). The van der Waals surface area contributed by atoms with Crippen LogP contribution >= 0.6 is 12.2 Å². The van der Waals surface area contributed by atoms with Gasteiger partial charge in [-0.05, 0) is 0 Å². The molecule has 6 N–H and O–H groups in total. The van der Waals surface area contributed by atoms with Gasteiger partial charge in [0, 0.05) is 6.08 Å². The summed E-state index contributed by atoms with van der Waals surface area (Å²) in [4.78, 5) is 0.129. The summed E-state index contributed by atoms with van der Waals surface area (Å²) in [5.74, 6) is 0.0394. The Morgan fingerprint density at radius 1 is 1.62 bits per heavy atom. The van der Waals surface area contributed by atoms with Crippen LogP contribution in [0.3, 0.4) is 0 Å². The van der Waals surface area contributed by atoms with E-state index in [0.29, 0.717) is 0 Å². The van der Waals surface area contributed by atoms with Gasteiger partial charge in [-0.25, -0.2) is 0 Å². The molecule has 0 atom stereocenters. The van der Waals surface area contributed by atoms with Gasteiger partial charge in [0.05, 0.1) is 4.99 Å². The van der Waals surface area contributed by atoms with E-state index in [1.807, 2.05) is 0 Å². The van der Waals surface area contributed by atoms with Crippen LogP contribution < -0.4 is 16.9 Å². The van der Waals surface area contributed by atoms with Crippen molar-refractivity contribution in [2.75, 3.05) is 0 Å². The third-order valence-electron chi connectivity index (χ3n) is 0.427. The van der Waals surface area contributed by atoms with Crippen LogP contribution in [0.15, 0.2) is 11.9 Å². The average molecular weight is 133 g/mol. The lowest BCUT2D eigenvalue weighted by Crippen LogP contribution is -2.18. The molecular weight excluding hydrogens is 126 g/mol. The summed E-state index contributed by atoms with van der Waals surface area (Å²) in [6, 6.07) is 0. The lowest BCUT2D eigenvalue weighted by molar-refractivity contribution is 0.199. The zero-order chi connectivity index (χ0) is 6.57. The summed E-state index contributed by atoms with van der Waals surface area (Å²) in [7, 11) is 0. The Morgan fingerprint density at radius 3 is 2.25 bits per heavy atom. The number of hydrogen-bond donors (Lipinski definition) is 4. The molecule has 0 saturated carbocycles. The second kappa shape index (κ2) is 3.23. The number of nitrogens with one attached hydrogen (secondary N) is 1. The summed E-state index contributed by atoms with van der Waals surface area (Å²) < 4.78 is 0. The van der Waals surface area contributed by atoms with E-state index in [0.717, 1.165) is 0 Å². The molecule has 0 bridgehead atoms. The maximum atomic E-state index is 8.03. The highest BCUT2D eigenvalue weighted by atomic mass is 32.1. The quantitative estimate of drug-likeness (QED) is 0.222. The monoisotopic (exact) mass is 133 g/mol. The summed E-state index contributed by atoms with van der Waals surface area (Å²) in [5.41, 5.74) is 11.7. The summed E-state index contributed by atoms with van der Waals surface area (Å²) in [6.45, 7) is 0. The van der Waals surface area contributed by atoms with Crippen molar-refractivity contribution in [1.82, 2.24) is 5.48 Å². The molecule has 0 saturated heterocycles. The largest absolute Gasteiger partial charge is 0.390 e. The van der Waals surface area contributed by atoms with Crippen molar-refractivity contribution in [1.29, 1.82) is 0 Å². The van der Waals surface area contributed by atoms with E-state index < -0.39 is 0 Å². The molecule has 0 unspecified atom stereocenters. The maximum Gasteiger partial charge on any atom is 0.123 e. The summed E-state index contributed by atoms with van der Waals surface area (Å²) >= 11 is 4.41. The number of nitrogens with two attached hydrogens (primary N) is 2.